The third-order valence-corrected chi connectivity index (χ3v) is 11.5. The minimum absolute atomic E-state index is 0.128. The highest BCUT2D eigenvalue weighted by atomic mass is 16.8. The van der Waals surface area contributed by atoms with Crippen molar-refractivity contribution >= 4 is 17.9 Å². The molecule has 0 bridgehead atoms. The lowest BCUT2D eigenvalue weighted by Gasteiger charge is -2.48. The van der Waals surface area contributed by atoms with Crippen molar-refractivity contribution in [3.63, 3.8) is 0 Å². The van der Waals surface area contributed by atoms with Gasteiger partial charge in [0.15, 0.2) is 17.8 Å². The second-order valence-electron chi connectivity index (χ2n) is 14.3. The van der Waals surface area contributed by atoms with Crippen LogP contribution in [-0.2, 0) is 51.2 Å². The van der Waals surface area contributed by atoms with Crippen LogP contribution in [0.3, 0.4) is 0 Å². The van der Waals surface area contributed by atoms with Gasteiger partial charge in [0.05, 0.1) is 36.1 Å². The minimum Gasteiger partial charge on any atom is -0.459 e. The van der Waals surface area contributed by atoms with Gasteiger partial charge in [-0.2, -0.15) is 0 Å². The highest BCUT2D eigenvalue weighted by Crippen LogP contribution is 2.84. The first-order valence-corrected chi connectivity index (χ1v) is 15.0. The molecule has 13 heteroatoms. The molecule has 5 heterocycles. The molecule has 2 spiro atoms. The summed E-state index contributed by atoms with van der Waals surface area (Å²) >= 11 is 0. The molecule has 234 valence electrons. The van der Waals surface area contributed by atoms with Crippen LogP contribution >= 0.6 is 0 Å². The molecule has 4 saturated heterocycles. The summed E-state index contributed by atoms with van der Waals surface area (Å²) in [6, 6.07) is 7.94. The number of hydrogen-bond donors (Lipinski definition) is 2. The van der Waals surface area contributed by atoms with Crippen molar-refractivity contribution in [2.75, 3.05) is 0 Å². The number of carbonyl (C=O) groups excluding carboxylic acids is 3. The van der Waals surface area contributed by atoms with Gasteiger partial charge in [0.25, 0.3) is 0 Å². The van der Waals surface area contributed by atoms with Crippen LogP contribution in [-0.4, -0.2) is 85.0 Å². The van der Waals surface area contributed by atoms with Crippen molar-refractivity contribution in [1.82, 2.24) is 15.0 Å². The summed E-state index contributed by atoms with van der Waals surface area (Å²) in [7, 11) is 0. The average Bonchev–Trinajstić information content (AvgIpc) is 3.76. The molecule has 2 aromatic rings. The molecule has 0 amide bonds. The molecule has 13 nitrogen and oxygen atoms in total. The standard InChI is InChI=1S/C31H35N3O10/c1-14-8-6-7-9-16(14)11-34-12-17(32-33-34)13-40-22-24(37)43-26-28(22)18(27(3,4)5)10-19-29(28)20(35)21-30(39,15(2)23(36)42-21)31(29,44-26)25(38)41-19/h6-9,12,15,18-22,26,35,39H,10-11,13H2,1-5H3/t15-,18+,19-,20+,21+,22+,26+,28+,29+,30-,31-/m1/s1. The second kappa shape index (κ2) is 8.45. The van der Waals surface area contributed by atoms with Crippen LogP contribution in [0.15, 0.2) is 30.5 Å². The number of benzene rings is 1. The Labute approximate surface area is 252 Å². The van der Waals surface area contributed by atoms with Crippen molar-refractivity contribution in [3.05, 3.63) is 47.3 Å². The van der Waals surface area contributed by atoms with Crippen LogP contribution in [0.1, 0.15) is 50.9 Å². The van der Waals surface area contributed by atoms with Crippen molar-refractivity contribution in [1.29, 1.82) is 0 Å². The first-order valence-electron chi connectivity index (χ1n) is 15.0. The number of esters is 3. The Morgan fingerprint density at radius 1 is 1.11 bits per heavy atom. The molecule has 11 atom stereocenters. The maximum Gasteiger partial charge on any atom is 0.343 e. The van der Waals surface area contributed by atoms with E-state index in [0.29, 0.717) is 12.2 Å². The number of ether oxygens (including phenoxy) is 5. The lowest BCUT2D eigenvalue weighted by molar-refractivity contribution is -0.240. The SMILES string of the molecule is Cc1ccccc1Cn1cc(CO[C@H]2C(=O)O[C@H]3O[C@]45C(=O)O[C@@H]6C[C@@H](C(C)(C)C)[C@@]32[C@@]64[C@@H](O)[C@@H]2OC(=O)[C@@H](C)[C@@]25O)nn1. The largest absolute Gasteiger partial charge is 0.459 e. The Morgan fingerprint density at radius 3 is 2.59 bits per heavy atom. The Hall–Kier alpha value is -3.39. The Bertz CT molecular complexity index is 1620. The van der Waals surface area contributed by atoms with Crippen molar-refractivity contribution in [2.24, 2.45) is 28.1 Å². The first-order chi connectivity index (χ1) is 20.8. The number of rotatable bonds is 5. The highest BCUT2D eigenvalue weighted by Gasteiger charge is 3.04. The van der Waals surface area contributed by atoms with Gasteiger partial charge in [0.2, 0.25) is 11.9 Å². The Balaban J connectivity index is 1.22. The van der Waals surface area contributed by atoms with Crippen LogP contribution in [0.2, 0.25) is 0 Å². The smallest absolute Gasteiger partial charge is 0.343 e. The summed E-state index contributed by atoms with van der Waals surface area (Å²) in [5.74, 6) is -4.07. The van der Waals surface area contributed by atoms with Gasteiger partial charge in [-0.25, -0.2) is 14.3 Å². The van der Waals surface area contributed by atoms with Crippen LogP contribution in [0.4, 0.5) is 0 Å². The first kappa shape index (κ1) is 28.1. The Kier molecular flexibility index (Phi) is 5.40. The van der Waals surface area contributed by atoms with E-state index in [1.165, 1.54) is 6.92 Å². The van der Waals surface area contributed by atoms with E-state index in [4.69, 9.17) is 23.7 Å². The summed E-state index contributed by atoms with van der Waals surface area (Å²) in [4.78, 5) is 40.4. The normalized spacial score (nSPS) is 44.7. The fourth-order valence-electron chi connectivity index (χ4n) is 9.91. The van der Waals surface area contributed by atoms with Gasteiger partial charge in [-0.1, -0.05) is 50.3 Å². The number of hydrogen-bond acceptors (Lipinski definition) is 12. The molecule has 0 radical (unpaired) electrons. The molecular formula is C31H35N3O10. The maximum absolute atomic E-state index is 13.9. The van der Waals surface area contributed by atoms with Gasteiger partial charge in [-0.3, -0.25) is 4.79 Å². The van der Waals surface area contributed by atoms with Gasteiger partial charge >= 0.3 is 17.9 Å². The van der Waals surface area contributed by atoms with Gasteiger partial charge < -0.3 is 33.9 Å². The molecule has 44 heavy (non-hydrogen) atoms. The zero-order chi connectivity index (χ0) is 31.2. The molecule has 2 aliphatic carbocycles. The van der Waals surface area contributed by atoms with E-state index >= 15 is 0 Å². The molecule has 8 rings (SSSR count). The van der Waals surface area contributed by atoms with Crippen molar-refractivity contribution in [3.8, 4) is 0 Å². The lowest BCUT2D eigenvalue weighted by Crippen LogP contribution is -2.67. The number of fused-ring (bicyclic) bond motifs is 1. The van der Waals surface area contributed by atoms with E-state index in [2.05, 4.69) is 10.3 Å². The summed E-state index contributed by atoms with van der Waals surface area (Å²) in [6.45, 7) is 9.77. The number of carbonyl (C=O) groups is 3. The zero-order valence-corrected chi connectivity index (χ0v) is 25.1. The predicted octanol–water partition coefficient (Wildman–Crippen LogP) is 0.803. The molecule has 4 aliphatic heterocycles. The fraction of sp³-hybridized carbons (Fsp3) is 0.645. The molecule has 6 aliphatic rings. The maximum atomic E-state index is 13.9. The van der Waals surface area contributed by atoms with Gasteiger partial charge in [-0.05, 0) is 42.7 Å². The number of aromatic nitrogens is 3. The topological polar surface area (TPSA) is 169 Å². The molecule has 2 saturated carbocycles. The molecule has 1 aromatic heterocycles. The lowest BCUT2D eigenvalue weighted by atomic mass is 9.51. The van der Waals surface area contributed by atoms with Crippen LogP contribution in [0.5, 0.6) is 0 Å². The third kappa shape index (κ3) is 2.80. The summed E-state index contributed by atoms with van der Waals surface area (Å²) in [5, 5.41) is 33.0. The van der Waals surface area contributed by atoms with Gasteiger partial charge in [-0.15, -0.1) is 5.10 Å². The molecule has 1 aromatic carbocycles. The van der Waals surface area contributed by atoms with Crippen molar-refractivity contribution < 1.29 is 48.3 Å². The zero-order valence-electron chi connectivity index (χ0n) is 25.1. The van der Waals surface area contributed by atoms with E-state index in [1.54, 1.807) is 10.9 Å². The van der Waals surface area contributed by atoms with Gasteiger partial charge in [0.1, 0.15) is 17.9 Å². The molecule has 6 fully saturated rings. The number of aliphatic hydroxyl groups excluding tert-OH is 1. The van der Waals surface area contributed by atoms with E-state index in [9.17, 15) is 24.6 Å². The van der Waals surface area contributed by atoms with Crippen LogP contribution < -0.4 is 0 Å². The quantitative estimate of drug-likeness (QED) is 0.362. The van der Waals surface area contributed by atoms with Crippen LogP contribution in [0.25, 0.3) is 0 Å². The Morgan fingerprint density at radius 2 is 1.86 bits per heavy atom. The highest BCUT2D eigenvalue weighted by molar-refractivity contribution is 5.94. The van der Waals surface area contributed by atoms with E-state index in [1.807, 2.05) is 52.0 Å². The third-order valence-electron chi connectivity index (χ3n) is 11.5. The molecule has 0 unspecified atom stereocenters. The van der Waals surface area contributed by atoms with Crippen LogP contribution in [0, 0.1) is 35.0 Å². The van der Waals surface area contributed by atoms with E-state index in [0.717, 1.165) is 11.1 Å². The fourth-order valence-corrected chi connectivity index (χ4v) is 9.91. The van der Waals surface area contributed by atoms with E-state index in [-0.39, 0.29) is 13.0 Å². The predicted molar refractivity (Wildman–Crippen MR) is 145 cm³/mol. The monoisotopic (exact) mass is 609 g/mol. The summed E-state index contributed by atoms with van der Waals surface area (Å²) in [6.07, 6.45) is -4.77. The second-order valence-corrected chi connectivity index (χ2v) is 14.3. The summed E-state index contributed by atoms with van der Waals surface area (Å²) in [5.41, 5.74) is -5.58. The number of aryl methyl sites for hydroxylation is 1. The molecule has 2 N–H and O–H groups in total. The minimum atomic E-state index is -2.27. The average molecular weight is 610 g/mol. The molecular weight excluding hydrogens is 574 g/mol. The van der Waals surface area contributed by atoms with Crippen molar-refractivity contribution in [2.45, 2.75) is 96.1 Å². The van der Waals surface area contributed by atoms with E-state index < -0.39 is 87.9 Å². The summed E-state index contributed by atoms with van der Waals surface area (Å²) < 4.78 is 31.9. The van der Waals surface area contributed by atoms with Gasteiger partial charge in [0, 0.05) is 0 Å². The number of aliphatic hydroxyl groups is 2. The number of nitrogens with zero attached hydrogens (tertiary/aromatic N) is 3.